The van der Waals surface area contributed by atoms with E-state index in [9.17, 15) is 0 Å². The SMILES string of the molecule is C=C(O)C=CCCCCCCCC. The standard InChI is InChI=1S/C12H22O/c1-3-4-5-6-7-8-9-10-11-12(2)13/h10-11,13H,2-9H2,1H3. The van der Waals surface area contributed by atoms with E-state index in [1.807, 2.05) is 6.08 Å². The van der Waals surface area contributed by atoms with Crippen molar-refractivity contribution in [2.24, 2.45) is 0 Å². The minimum Gasteiger partial charge on any atom is -0.509 e. The summed E-state index contributed by atoms with van der Waals surface area (Å²) in [5.74, 6) is 0.158. The predicted octanol–water partition coefficient (Wildman–Crippen LogP) is 4.36. The summed E-state index contributed by atoms with van der Waals surface area (Å²) in [6.45, 7) is 5.61. The van der Waals surface area contributed by atoms with Gasteiger partial charge in [-0.15, -0.1) is 0 Å². The van der Waals surface area contributed by atoms with Crippen LogP contribution in [0.5, 0.6) is 0 Å². The third-order valence-corrected chi connectivity index (χ3v) is 2.03. The van der Waals surface area contributed by atoms with Crippen LogP contribution in [0.3, 0.4) is 0 Å². The van der Waals surface area contributed by atoms with Gasteiger partial charge in [0.2, 0.25) is 0 Å². The van der Waals surface area contributed by atoms with Gasteiger partial charge in [0, 0.05) is 0 Å². The van der Waals surface area contributed by atoms with Crippen molar-refractivity contribution in [1.29, 1.82) is 0 Å². The molecule has 1 nitrogen and oxygen atoms in total. The number of hydrogen-bond donors (Lipinski definition) is 1. The predicted molar refractivity (Wildman–Crippen MR) is 58.9 cm³/mol. The minimum absolute atomic E-state index is 0.158. The maximum Gasteiger partial charge on any atom is 0.108 e. The number of unbranched alkanes of at least 4 members (excludes halogenated alkanes) is 6. The Kier molecular flexibility index (Phi) is 8.85. The van der Waals surface area contributed by atoms with Crippen LogP contribution in [0.25, 0.3) is 0 Å². The smallest absolute Gasteiger partial charge is 0.108 e. The lowest BCUT2D eigenvalue weighted by atomic mass is 10.1. The first-order valence-electron chi connectivity index (χ1n) is 5.31. The highest BCUT2D eigenvalue weighted by Crippen LogP contribution is 2.07. The van der Waals surface area contributed by atoms with Crippen molar-refractivity contribution in [2.45, 2.75) is 51.9 Å². The van der Waals surface area contributed by atoms with Crippen LogP contribution in [-0.4, -0.2) is 5.11 Å². The van der Waals surface area contributed by atoms with E-state index < -0.39 is 0 Å². The Morgan fingerprint density at radius 2 is 1.77 bits per heavy atom. The van der Waals surface area contributed by atoms with E-state index >= 15 is 0 Å². The van der Waals surface area contributed by atoms with E-state index in [4.69, 9.17) is 5.11 Å². The third-order valence-electron chi connectivity index (χ3n) is 2.03. The molecule has 76 valence electrons. The second kappa shape index (κ2) is 9.37. The first kappa shape index (κ1) is 12.3. The molecule has 0 heterocycles. The second-order valence-corrected chi connectivity index (χ2v) is 3.45. The fourth-order valence-electron chi connectivity index (χ4n) is 1.26. The average Bonchev–Trinajstić information content (AvgIpc) is 2.09. The van der Waals surface area contributed by atoms with E-state index in [-0.39, 0.29) is 5.76 Å². The van der Waals surface area contributed by atoms with Gasteiger partial charge in [0.15, 0.2) is 0 Å². The third kappa shape index (κ3) is 11.3. The molecule has 1 N–H and O–H groups in total. The average molecular weight is 182 g/mol. The zero-order valence-electron chi connectivity index (χ0n) is 8.76. The Labute approximate surface area is 82.2 Å². The molecular formula is C12H22O. The molecule has 0 fully saturated rings. The fourth-order valence-corrected chi connectivity index (χ4v) is 1.26. The molecule has 13 heavy (non-hydrogen) atoms. The lowest BCUT2D eigenvalue weighted by Gasteiger charge is -1.97. The Bertz CT molecular complexity index is 147. The zero-order chi connectivity index (χ0) is 9.94. The molecule has 0 aromatic heterocycles. The van der Waals surface area contributed by atoms with Gasteiger partial charge < -0.3 is 5.11 Å². The fraction of sp³-hybridized carbons (Fsp3) is 0.667. The van der Waals surface area contributed by atoms with Crippen molar-refractivity contribution >= 4 is 0 Å². The Hall–Kier alpha value is -0.720. The Morgan fingerprint density at radius 1 is 1.15 bits per heavy atom. The summed E-state index contributed by atoms with van der Waals surface area (Å²) < 4.78 is 0. The highest BCUT2D eigenvalue weighted by molar-refractivity contribution is 5.04. The van der Waals surface area contributed by atoms with Gasteiger partial charge in [-0.05, 0) is 18.9 Å². The van der Waals surface area contributed by atoms with Crippen LogP contribution in [-0.2, 0) is 0 Å². The van der Waals surface area contributed by atoms with Crippen LogP contribution < -0.4 is 0 Å². The molecule has 0 spiro atoms. The second-order valence-electron chi connectivity index (χ2n) is 3.45. The first-order valence-corrected chi connectivity index (χ1v) is 5.31. The van der Waals surface area contributed by atoms with E-state index in [0.717, 1.165) is 6.42 Å². The molecule has 0 amide bonds. The number of rotatable bonds is 8. The number of aliphatic hydroxyl groups excluding tert-OH is 1. The maximum absolute atomic E-state index is 8.74. The lowest BCUT2D eigenvalue weighted by molar-refractivity contribution is 0.435. The number of allylic oxidation sites excluding steroid dienone is 2. The Balaban J connectivity index is 3.03. The number of aliphatic hydroxyl groups is 1. The van der Waals surface area contributed by atoms with Crippen molar-refractivity contribution < 1.29 is 5.11 Å². The zero-order valence-corrected chi connectivity index (χ0v) is 8.76. The van der Waals surface area contributed by atoms with Crippen molar-refractivity contribution in [2.75, 3.05) is 0 Å². The van der Waals surface area contributed by atoms with Crippen LogP contribution in [0.1, 0.15) is 51.9 Å². The number of hydrogen-bond acceptors (Lipinski definition) is 1. The highest BCUT2D eigenvalue weighted by Gasteiger charge is 1.87. The van der Waals surface area contributed by atoms with Gasteiger partial charge in [0.25, 0.3) is 0 Å². The van der Waals surface area contributed by atoms with Gasteiger partial charge in [0.05, 0.1) is 0 Å². The molecule has 0 saturated heterocycles. The summed E-state index contributed by atoms with van der Waals surface area (Å²) >= 11 is 0. The maximum atomic E-state index is 8.74. The molecular weight excluding hydrogens is 160 g/mol. The molecule has 0 aromatic carbocycles. The van der Waals surface area contributed by atoms with E-state index in [2.05, 4.69) is 13.5 Å². The monoisotopic (exact) mass is 182 g/mol. The van der Waals surface area contributed by atoms with Gasteiger partial charge in [-0.3, -0.25) is 0 Å². The molecule has 0 aromatic rings. The summed E-state index contributed by atoms with van der Waals surface area (Å²) in [5.41, 5.74) is 0. The van der Waals surface area contributed by atoms with Crippen LogP contribution in [0.15, 0.2) is 24.5 Å². The summed E-state index contributed by atoms with van der Waals surface area (Å²) in [6.07, 6.45) is 12.7. The van der Waals surface area contributed by atoms with Crippen LogP contribution >= 0.6 is 0 Å². The van der Waals surface area contributed by atoms with Crippen molar-refractivity contribution in [3.63, 3.8) is 0 Å². The quantitative estimate of drug-likeness (QED) is 0.336. The Morgan fingerprint density at radius 3 is 2.38 bits per heavy atom. The van der Waals surface area contributed by atoms with Gasteiger partial charge in [-0.1, -0.05) is 51.7 Å². The summed E-state index contributed by atoms with van der Waals surface area (Å²) in [6, 6.07) is 0. The van der Waals surface area contributed by atoms with Gasteiger partial charge >= 0.3 is 0 Å². The van der Waals surface area contributed by atoms with E-state index in [0.29, 0.717) is 0 Å². The molecule has 0 rings (SSSR count). The lowest BCUT2D eigenvalue weighted by Crippen LogP contribution is -1.77. The molecule has 0 bridgehead atoms. The van der Waals surface area contributed by atoms with Crippen molar-refractivity contribution in [1.82, 2.24) is 0 Å². The van der Waals surface area contributed by atoms with Gasteiger partial charge in [-0.25, -0.2) is 0 Å². The molecule has 0 unspecified atom stereocenters. The van der Waals surface area contributed by atoms with Crippen molar-refractivity contribution in [3.05, 3.63) is 24.5 Å². The van der Waals surface area contributed by atoms with E-state index in [1.54, 1.807) is 6.08 Å². The van der Waals surface area contributed by atoms with Crippen LogP contribution in [0.2, 0.25) is 0 Å². The molecule has 0 atom stereocenters. The summed E-state index contributed by atoms with van der Waals surface area (Å²) in [5, 5.41) is 8.74. The highest BCUT2D eigenvalue weighted by atomic mass is 16.3. The summed E-state index contributed by atoms with van der Waals surface area (Å²) in [7, 11) is 0. The molecule has 1 heteroatoms. The summed E-state index contributed by atoms with van der Waals surface area (Å²) in [4.78, 5) is 0. The molecule has 0 radical (unpaired) electrons. The molecule has 0 aliphatic carbocycles. The van der Waals surface area contributed by atoms with Crippen LogP contribution in [0.4, 0.5) is 0 Å². The molecule has 0 aliphatic rings. The molecule has 0 aliphatic heterocycles. The minimum atomic E-state index is 0.158. The van der Waals surface area contributed by atoms with Gasteiger partial charge in [0.1, 0.15) is 5.76 Å². The van der Waals surface area contributed by atoms with Gasteiger partial charge in [-0.2, -0.15) is 0 Å². The van der Waals surface area contributed by atoms with Crippen LogP contribution in [0, 0.1) is 0 Å². The molecule has 0 saturated carbocycles. The normalized spacial score (nSPS) is 10.8. The topological polar surface area (TPSA) is 20.2 Å². The largest absolute Gasteiger partial charge is 0.509 e. The van der Waals surface area contributed by atoms with E-state index in [1.165, 1.54) is 38.5 Å². The van der Waals surface area contributed by atoms with Crippen molar-refractivity contribution in [3.8, 4) is 0 Å². The first-order chi connectivity index (χ1) is 6.27.